The molecule has 4 nitrogen and oxygen atoms in total. The molecule has 1 aliphatic heterocycles. The standard InChI is InChI=1S/C14H23N3O.3ClH/c1-4-16(5-2)9-10-17-11-12(3)18-13-7-6-8-15-14(13)17;;;/h6-8,12H,4-5,9-11H2,1-3H3;3*1H. The molecule has 0 radical (unpaired) electrons. The number of anilines is 1. The summed E-state index contributed by atoms with van der Waals surface area (Å²) < 4.78 is 5.80. The maximum absolute atomic E-state index is 5.80. The number of rotatable bonds is 5. The minimum absolute atomic E-state index is 0. The Labute approximate surface area is 146 Å². The fourth-order valence-electron chi connectivity index (χ4n) is 2.36. The highest BCUT2D eigenvalue weighted by Gasteiger charge is 2.23. The van der Waals surface area contributed by atoms with Crippen LogP contribution in [0.3, 0.4) is 0 Å². The maximum Gasteiger partial charge on any atom is 0.171 e. The first-order valence-electron chi connectivity index (χ1n) is 6.83. The van der Waals surface area contributed by atoms with Gasteiger partial charge in [0.05, 0.1) is 6.54 Å². The van der Waals surface area contributed by atoms with E-state index in [4.69, 9.17) is 4.74 Å². The van der Waals surface area contributed by atoms with Crippen LogP contribution in [-0.4, -0.2) is 48.7 Å². The Kier molecular flexibility index (Phi) is 12.2. The highest BCUT2D eigenvalue weighted by atomic mass is 35.5. The Hall–Kier alpha value is -0.420. The van der Waals surface area contributed by atoms with E-state index in [1.54, 1.807) is 0 Å². The van der Waals surface area contributed by atoms with Crippen LogP contribution in [0.2, 0.25) is 0 Å². The van der Waals surface area contributed by atoms with Gasteiger partial charge in [-0.25, -0.2) is 4.98 Å². The van der Waals surface area contributed by atoms with Gasteiger partial charge >= 0.3 is 0 Å². The summed E-state index contributed by atoms with van der Waals surface area (Å²) in [7, 11) is 0. The van der Waals surface area contributed by atoms with E-state index in [2.05, 4.69) is 35.6 Å². The van der Waals surface area contributed by atoms with Crippen molar-refractivity contribution in [2.24, 2.45) is 0 Å². The van der Waals surface area contributed by atoms with E-state index in [-0.39, 0.29) is 43.3 Å². The first-order valence-corrected chi connectivity index (χ1v) is 6.83. The fraction of sp³-hybridized carbons (Fsp3) is 0.643. The quantitative estimate of drug-likeness (QED) is 0.807. The largest absolute Gasteiger partial charge is 0.485 e. The molecule has 0 saturated carbocycles. The zero-order valence-corrected chi connectivity index (χ0v) is 15.3. The molecule has 0 saturated heterocycles. The molecule has 1 unspecified atom stereocenters. The van der Waals surface area contributed by atoms with Crippen molar-refractivity contribution in [3.63, 3.8) is 0 Å². The second-order valence-electron chi connectivity index (χ2n) is 4.73. The highest BCUT2D eigenvalue weighted by Crippen LogP contribution is 2.30. The van der Waals surface area contributed by atoms with Crippen molar-refractivity contribution in [3.05, 3.63) is 18.3 Å². The highest BCUT2D eigenvalue weighted by molar-refractivity contribution is 5.86. The molecule has 1 aromatic heterocycles. The van der Waals surface area contributed by atoms with Gasteiger partial charge in [-0.05, 0) is 32.1 Å². The number of aromatic nitrogens is 1. The van der Waals surface area contributed by atoms with Gasteiger partial charge in [-0.2, -0.15) is 0 Å². The van der Waals surface area contributed by atoms with E-state index in [9.17, 15) is 0 Å². The van der Waals surface area contributed by atoms with Gasteiger partial charge in [0.25, 0.3) is 0 Å². The second kappa shape index (κ2) is 11.2. The Bertz CT molecular complexity index is 391. The molecular weight excluding hydrogens is 333 g/mol. The van der Waals surface area contributed by atoms with Gasteiger partial charge in [0.15, 0.2) is 11.6 Å². The Morgan fingerprint density at radius 3 is 2.57 bits per heavy atom. The molecule has 0 spiro atoms. The summed E-state index contributed by atoms with van der Waals surface area (Å²) in [6.45, 7) is 11.7. The van der Waals surface area contributed by atoms with Gasteiger partial charge in [0.1, 0.15) is 6.10 Å². The molecule has 2 rings (SSSR count). The minimum atomic E-state index is 0. The van der Waals surface area contributed by atoms with E-state index in [1.165, 1.54) is 0 Å². The van der Waals surface area contributed by atoms with Crippen molar-refractivity contribution in [3.8, 4) is 5.75 Å². The van der Waals surface area contributed by atoms with Crippen LogP contribution in [0.4, 0.5) is 5.82 Å². The van der Waals surface area contributed by atoms with E-state index >= 15 is 0 Å². The topological polar surface area (TPSA) is 28.6 Å². The minimum Gasteiger partial charge on any atom is -0.485 e. The third-order valence-electron chi connectivity index (χ3n) is 3.44. The summed E-state index contributed by atoms with van der Waals surface area (Å²) in [5.41, 5.74) is 0. The molecule has 1 atom stereocenters. The van der Waals surface area contributed by atoms with Gasteiger partial charge in [-0.3, -0.25) is 0 Å². The average molecular weight is 359 g/mol. The lowest BCUT2D eigenvalue weighted by molar-refractivity contribution is 0.207. The maximum atomic E-state index is 5.80. The van der Waals surface area contributed by atoms with Crippen molar-refractivity contribution in [1.82, 2.24) is 9.88 Å². The number of fused-ring (bicyclic) bond motifs is 1. The number of ether oxygens (including phenoxy) is 1. The van der Waals surface area contributed by atoms with Gasteiger partial charge in [0.2, 0.25) is 0 Å². The smallest absolute Gasteiger partial charge is 0.171 e. The summed E-state index contributed by atoms with van der Waals surface area (Å²) in [6.07, 6.45) is 2.07. The van der Waals surface area contributed by atoms with Gasteiger partial charge in [-0.1, -0.05) is 13.8 Å². The summed E-state index contributed by atoms with van der Waals surface area (Å²) >= 11 is 0. The van der Waals surface area contributed by atoms with E-state index in [1.807, 2.05) is 18.3 Å². The van der Waals surface area contributed by atoms with Crippen LogP contribution in [0.5, 0.6) is 5.75 Å². The van der Waals surface area contributed by atoms with Gasteiger partial charge < -0.3 is 14.5 Å². The fourth-order valence-corrected chi connectivity index (χ4v) is 2.36. The number of halogens is 3. The lowest BCUT2D eigenvalue weighted by atomic mass is 10.2. The molecule has 0 fully saturated rings. The first-order chi connectivity index (χ1) is 8.74. The Balaban J connectivity index is 0. The summed E-state index contributed by atoms with van der Waals surface area (Å²) in [4.78, 5) is 9.22. The van der Waals surface area contributed by atoms with Gasteiger partial charge in [0, 0.05) is 19.3 Å². The van der Waals surface area contributed by atoms with Crippen molar-refractivity contribution < 1.29 is 4.74 Å². The lowest BCUT2D eigenvalue weighted by Crippen LogP contribution is -2.43. The Morgan fingerprint density at radius 2 is 1.95 bits per heavy atom. The van der Waals surface area contributed by atoms with Crippen LogP contribution in [0.15, 0.2) is 18.3 Å². The molecule has 7 heteroatoms. The number of pyridine rings is 1. The number of hydrogen-bond acceptors (Lipinski definition) is 4. The molecule has 1 aliphatic rings. The van der Waals surface area contributed by atoms with Crippen molar-refractivity contribution in [2.45, 2.75) is 26.9 Å². The SMILES string of the molecule is CCN(CC)CCN1CC(C)Oc2cccnc21.Cl.Cl.Cl. The van der Waals surface area contributed by atoms with Gasteiger partial charge in [-0.15, -0.1) is 37.2 Å². The van der Waals surface area contributed by atoms with Crippen LogP contribution >= 0.6 is 37.2 Å². The van der Waals surface area contributed by atoms with Crippen molar-refractivity contribution >= 4 is 43.0 Å². The van der Waals surface area contributed by atoms with E-state index in [0.29, 0.717) is 0 Å². The molecule has 21 heavy (non-hydrogen) atoms. The Morgan fingerprint density at radius 1 is 1.29 bits per heavy atom. The normalized spacial score (nSPS) is 16.0. The molecule has 0 amide bonds. The van der Waals surface area contributed by atoms with Crippen molar-refractivity contribution in [2.75, 3.05) is 37.6 Å². The zero-order chi connectivity index (χ0) is 13.0. The number of hydrogen-bond donors (Lipinski definition) is 0. The van der Waals surface area contributed by atoms with Crippen LogP contribution in [-0.2, 0) is 0 Å². The van der Waals surface area contributed by atoms with E-state index in [0.717, 1.165) is 44.3 Å². The summed E-state index contributed by atoms with van der Waals surface area (Å²) in [5.74, 6) is 1.90. The lowest BCUT2D eigenvalue weighted by Gasteiger charge is -2.34. The molecule has 0 aliphatic carbocycles. The summed E-state index contributed by atoms with van der Waals surface area (Å²) in [5, 5.41) is 0. The van der Waals surface area contributed by atoms with Crippen LogP contribution in [0, 0.1) is 0 Å². The predicted molar refractivity (Wildman–Crippen MR) is 96.1 cm³/mol. The molecule has 1 aromatic rings. The van der Waals surface area contributed by atoms with E-state index < -0.39 is 0 Å². The second-order valence-corrected chi connectivity index (χ2v) is 4.73. The van der Waals surface area contributed by atoms with Crippen LogP contribution in [0.25, 0.3) is 0 Å². The monoisotopic (exact) mass is 357 g/mol. The summed E-state index contributed by atoms with van der Waals surface area (Å²) in [6, 6.07) is 3.93. The number of likely N-dealkylation sites (N-methyl/N-ethyl adjacent to an activating group) is 1. The first kappa shape index (κ1) is 22.9. The molecule has 0 N–H and O–H groups in total. The third-order valence-corrected chi connectivity index (χ3v) is 3.44. The van der Waals surface area contributed by atoms with Crippen molar-refractivity contribution in [1.29, 1.82) is 0 Å². The molecule has 0 bridgehead atoms. The average Bonchev–Trinajstić information content (AvgIpc) is 2.39. The molecule has 0 aromatic carbocycles. The number of nitrogens with zero attached hydrogens (tertiary/aromatic N) is 3. The molecule has 2 heterocycles. The van der Waals surface area contributed by atoms with Crippen LogP contribution in [0.1, 0.15) is 20.8 Å². The molecule has 124 valence electrons. The third kappa shape index (κ3) is 6.07. The predicted octanol–water partition coefficient (Wildman–Crippen LogP) is 3.28. The molecular formula is C14H26Cl3N3O. The van der Waals surface area contributed by atoms with Crippen LogP contribution < -0.4 is 9.64 Å². The zero-order valence-electron chi connectivity index (χ0n) is 12.8.